The molecule has 4 amide bonds. The number of anilines is 2. The molecule has 8 aromatic rings. The van der Waals surface area contributed by atoms with Gasteiger partial charge in [-0.05, 0) is 131 Å². The summed E-state index contributed by atoms with van der Waals surface area (Å²) in [4.78, 5) is 50.8. The molecule has 76 heavy (non-hydrogen) atoms. The van der Waals surface area contributed by atoms with Crippen molar-refractivity contribution in [3.8, 4) is 34.5 Å². The molecule has 5 N–H and O–H groups in total. The molecule has 0 aliphatic carbocycles. The highest BCUT2D eigenvalue weighted by atomic mass is 79.9. The second kappa shape index (κ2) is 28.2. The van der Waals surface area contributed by atoms with Gasteiger partial charge in [-0.1, -0.05) is 97.1 Å². The van der Waals surface area contributed by atoms with Crippen LogP contribution in [0.15, 0.2) is 182 Å². The lowest BCUT2D eigenvalue weighted by atomic mass is 10.0. The number of amides is 4. The number of rotatable bonds is 11. The number of benzene rings is 8. The van der Waals surface area contributed by atoms with Crippen molar-refractivity contribution in [3.05, 3.63) is 238 Å². The van der Waals surface area contributed by atoms with Gasteiger partial charge in [0.25, 0.3) is 23.6 Å². The van der Waals surface area contributed by atoms with Gasteiger partial charge in [-0.3, -0.25) is 19.2 Å². The first-order chi connectivity index (χ1) is 36.8. The molecule has 0 bridgehead atoms. The Bertz CT molecular complexity index is 3310. The third-order valence-electron chi connectivity index (χ3n) is 11.5. The monoisotopic (exact) mass is 1250 g/mol. The van der Waals surface area contributed by atoms with E-state index >= 15 is 0 Å². The smallest absolute Gasteiger partial charge is 0.369 e. The van der Waals surface area contributed by atoms with Crippen LogP contribution in [0, 0.1) is 0 Å². The van der Waals surface area contributed by atoms with E-state index in [1.165, 1.54) is 5.56 Å². The van der Waals surface area contributed by atoms with Gasteiger partial charge < -0.3 is 40.6 Å². The fourth-order valence-electron chi connectivity index (χ4n) is 7.92. The number of ether oxygens (including phenoxy) is 3. The summed E-state index contributed by atoms with van der Waals surface area (Å²) in [5.74, 6) is 1.98. The number of phenolic OH excluding ortho intramolecular Hbond substituents is 1. The molecule has 2 aliphatic rings. The van der Waals surface area contributed by atoms with Crippen LogP contribution in [-0.4, -0.2) is 44.4 Å². The first-order valence-corrected chi connectivity index (χ1v) is 27.2. The van der Waals surface area contributed by atoms with Gasteiger partial charge in [-0.25, -0.2) is 0 Å². The molecule has 0 fully saturated rings. The van der Waals surface area contributed by atoms with Gasteiger partial charge in [0.15, 0.2) is 11.5 Å². The normalized spacial score (nSPS) is 11.4. The van der Waals surface area contributed by atoms with E-state index in [0.29, 0.717) is 69.7 Å². The van der Waals surface area contributed by atoms with Crippen LogP contribution >= 0.6 is 70.5 Å². The number of nitrogens with one attached hydrogen (secondary N) is 4. The molecule has 2 aliphatic heterocycles. The summed E-state index contributed by atoms with van der Waals surface area (Å²) in [6.45, 7) is 0.758. The van der Waals surface area contributed by atoms with E-state index in [1.807, 2.05) is 72.8 Å². The summed E-state index contributed by atoms with van der Waals surface area (Å²) in [6.07, 6.45) is 1.52. The Balaban J connectivity index is 0.000000197. The zero-order valence-corrected chi connectivity index (χ0v) is 46.9. The van der Waals surface area contributed by atoms with Crippen molar-refractivity contribution < 1.29 is 38.5 Å². The Morgan fingerprint density at radius 1 is 0.526 bits per heavy atom. The van der Waals surface area contributed by atoms with Gasteiger partial charge >= 0.3 is 3.18 Å². The lowest BCUT2D eigenvalue weighted by Gasteiger charge is -2.11. The van der Waals surface area contributed by atoms with Gasteiger partial charge in [0, 0.05) is 24.2 Å². The van der Waals surface area contributed by atoms with Crippen LogP contribution in [0.25, 0.3) is 0 Å². The van der Waals surface area contributed by atoms with Crippen LogP contribution in [0.3, 0.4) is 0 Å². The Morgan fingerprint density at radius 2 is 0.921 bits per heavy atom. The number of hydrogen-bond donors (Lipinski definition) is 5. The largest absolute Gasteiger partial charge is 0.508 e. The number of phenols is 1. The van der Waals surface area contributed by atoms with Crippen LogP contribution in [0.5, 0.6) is 34.5 Å². The van der Waals surface area contributed by atoms with E-state index < -0.39 is 0 Å². The number of methoxy groups -OCH3 is 1. The van der Waals surface area contributed by atoms with Gasteiger partial charge in [-0.2, -0.15) is 0 Å². The lowest BCUT2D eigenvalue weighted by molar-refractivity contribution is 0.0943. The number of aromatic hydroxyl groups is 1. The van der Waals surface area contributed by atoms with Gasteiger partial charge in [0.1, 0.15) is 23.0 Å². The van der Waals surface area contributed by atoms with Crippen molar-refractivity contribution in [2.24, 2.45) is 0 Å². The van der Waals surface area contributed by atoms with Gasteiger partial charge in [0.05, 0.1) is 35.0 Å². The molecule has 0 atom stereocenters. The molecular weight excluding hydrogens is 1200 g/mol. The summed E-state index contributed by atoms with van der Waals surface area (Å²) < 4.78 is 17.3. The molecule has 0 saturated heterocycles. The molecule has 18 heteroatoms. The van der Waals surface area contributed by atoms with Crippen molar-refractivity contribution in [2.45, 2.75) is 25.9 Å². The molecule has 0 spiro atoms. The number of alkyl halides is 2. The molecule has 0 radical (unpaired) electrons. The number of carbonyl (C=O) groups is 4. The summed E-state index contributed by atoms with van der Waals surface area (Å²) in [6, 6.07) is 55.3. The first-order valence-electron chi connectivity index (χ1n) is 23.4. The zero-order chi connectivity index (χ0) is 54.0. The minimum Gasteiger partial charge on any atom is -0.508 e. The highest BCUT2D eigenvalue weighted by molar-refractivity contribution is 9.69. The van der Waals surface area contributed by atoms with Crippen LogP contribution in [-0.2, 0) is 25.9 Å². The van der Waals surface area contributed by atoms with Crippen molar-refractivity contribution in [3.63, 3.8) is 0 Å². The predicted molar refractivity (Wildman–Crippen MR) is 313 cm³/mol. The quantitative estimate of drug-likeness (QED) is 0.0631. The summed E-state index contributed by atoms with van der Waals surface area (Å²) in [7, 11) is 1.65. The van der Waals surface area contributed by atoms with E-state index in [-0.39, 0.29) is 37.9 Å². The Morgan fingerprint density at radius 3 is 1.34 bits per heavy atom. The third-order valence-corrected chi connectivity index (χ3v) is 11.5. The Labute approximate surface area is 475 Å². The predicted octanol–water partition coefficient (Wildman–Crippen LogP) is 14.4. The van der Waals surface area contributed by atoms with Crippen LogP contribution in [0.4, 0.5) is 11.4 Å². The second-order valence-electron chi connectivity index (χ2n) is 16.7. The van der Waals surface area contributed by atoms with Gasteiger partial charge in [-0.15, -0.1) is 70.5 Å². The molecule has 0 aromatic heterocycles. The summed E-state index contributed by atoms with van der Waals surface area (Å²) >= 11 is 18.8. The van der Waals surface area contributed by atoms with E-state index in [0.717, 1.165) is 46.4 Å². The Hall–Kier alpha value is -7.08. The lowest BCUT2D eigenvalue weighted by Crippen LogP contribution is -2.23. The van der Waals surface area contributed by atoms with E-state index in [1.54, 1.807) is 98.1 Å². The van der Waals surface area contributed by atoms with Crippen molar-refractivity contribution in [2.75, 3.05) is 23.1 Å². The first kappa shape index (κ1) is 56.6. The third kappa shape index (κ3) is 16.5. The maximum absolute atomic E-state index is 12.8. The number of carbonyl (C=O) groups excluding carboxylic acids is 4. The van der Waals surface area contributed by atoms with E-state index in [4.69, 9.17) is 37.4 Å². The fraction of sp³-hybridized carbons (Fsp3) is 0.103. The minimum atomic E-state index is -0.280. The van der Waals surface area contributed by atoms with Crippen LogP contribution < -0.4 is 35.5 Å². The molecular formula is C58H48BBr3Cl2N4O8. The molecule has 8 aromatic carbocycles. The molecule has 0 saturated carbocycles. The summed E-state index contributed by atoms with van der Waals surface area (Å²) in [5.41, 5.74) is 9.19. The summed E-state index contributed by atoms with van der Waals surface area (Å²) in [5, 5.41) is 21.2. The van der Waals surface area contributed by atoms with Crippen molar-refractivity contribution in [1.82, 2.24) is 10.6 Å². The average molecular weight is 1250 g/mol. The number of fused-ring (bicyclic) bond motifs is 4. The SMILES string of the molecule is BrB(Br)Br.COc1ccc(Cc2cccc(CNC(=O)c3ccc4c(c3)NC(=O)c3ccccc3O4)c2)cc1.ClCCl.O=C(NCc1cccc(Cc2ccc(O)cc2)c1)c1ccc2c(c1)NC(=O)c1ccccc1O2. The van der Waals surface area contributed by atoms with Crippen LogP contribution in [0.1, 0.15) is 74.8 Å². The standard InChI is InChI=1S/C29H24N2O4.C28H22N2O4.CH2Cl2.BBr3/c1-34-23-12-9-19(10-13-23)15-20-5-4-6-21(16-20)18-30-28(32)22-11-14-27-25(17-22)31-29(33)24-7-2-3-8-26(24)35-27;31-22-11-8-18(9-12-22)14-19-4-3-5-20(15-19)17-29-27(32)21-10-13-26-24(16-21)30-28(33)23-6-1-2-7-25(23)34-26;2-1-3;2-1(3)4/h2-14,16-17H,15,18H2,1H3,(H,30,32)(H,31,33);1-13,15-16,31H,14,17H2,(H,29,32)(H,30,33);1H2;. The Kier molecular flexibility index (Phi) is 21.0. The van der Waals surface area contributed by atoms with Crippen molar-refractivity contribution in [1.29, 1.82) is 0 Å². The maximum Gasteiger partial charge on any atom is 0.369 e. The van der Waals surface area contributed by atoms with Crippen molar-refractivity contribution >= 4 is 109 Å². The average Bonchev–Trinajstić information content (AvgIpc) is 3.66. The molecule has 2 heterocycles. The number of hydrogen-bond acceptors (Lipinski definition) is 8. The fourth-order valence-corrected chi connectivity index (χ4v) is 7.92. The number of para-hydroxylation sites is 2. The highest BCUT2D eigenvalue weighted by Gasteiger charge is 2.23. The van der Waals surface area contributed by atoms with E-state index in [9.17, 15) is 24.3 Å². The topological polar surface area (TPSA) is 164 Å². The minimum absolute atomic E-state index is 0.194. The molecule has 10 rings (SSSR count). The second-order valence-corrected chi connectivity index (χ2v) is 24.0. The highest BCUT2D eigenvalue weighted by Crippen LogP contribution is 2.37. The molecule has 12 nitrogen and oxygen atoms in total. The van der Waals surface area contributed by atoms with Crippen LogP contribution in [0.2, 0.25) is 0 Å². The maximum atomic E-state index is 12.8. The van der Waals surface area contributed by atoms with E-state index in [2.05, 4.69) is 86.7 Å². The zero-order valence-electron chi connectivity index (χ0n) is 40.6. The number of halogens is 5. The van der Waals surface area contributed by atoms with Gasteiger partial charge in [0.2, 0.25) is 0 Å². The molecule has 386 valence electrons. The molecule has 0 unspecified atom stereocenters.